The maximum Gasteiger partial charge on any atom is 0.0990 e. The molecule has 0 aromatic carbocycles. The molecule has 1 aliphatic rings. The van der Waals surface area contributed by atoms with Gasteiger partial charge < -0.3 is 9.64 Å². The Kier molecular flexibility index (Phi) is 4.58. The fourth-order valence-corrected chi connectivity index (χ4v) is 1.46. The second-order valence-electron chi connectivity index (χ2n) is 3.17. The average molecular weight is 172 g/mol. The molecule has 3 nitrogen and oxygen atoms in total. The summed E-state index contributed by atoms with van der Waals surface area (Å²) in [7, 11) is 0. The molecule has 0 bridgehead atoms. The molecule has 1 rings (SSSR count). The van der Waals surface area contributed by atoms with E-state index in [1.807, 2.05) is 6.92 Å². The molecule has 3 heteroatoms. The molecule has 0 atom stereocenters. The van der Waals surface area contributed by atoms with Crippen molar-refractivity contribution >= 4 is 0 Å². The minimum Gasteiger partial charge on any atom is -0.366 e. The topological polar surface area (TPSA) is 15.7 Å². The monoisotopic (exact) mass is 172 g/mol. The fourth-order valence-electron chi connectivity index (χ4n) is 1.46. The van der Waals surface area contributed by atoms with Crippen molar-refractivity contribution in [3.05, 3.63) is 0 Å². The van der Waals surface area contributed by atoms with Gasteiger partial charge in [0.25, 0.3) is 0 Å². The minimum absolute atomic E-state index is 0.814. The Labute approximate surface area is 75.3 Å². The van der Waals surface area contributed by atoms with Crippen molar-refractivity contribution in [2.45, 2.75) is 13.8 Å². The molecular formula is C9H20N2O. The summed E-state index contributed by atoms with van der Waals surface area (Å²) in [6.07, 6.45) is 0. The van der Waals surface area contributed by atoms with Gasteiger partial charge >= 0.3 is 0 Å². The Hall–Kier alpha value is -0.120. The molecule has 72 valence electrons. The molecule has 0 aromatic rings. The van der Waals surface area contributed by atoms with E-state index in [0.717, 1.165) is 26.4 Å². The van der Waals surface area contributed by atoms with Gasteiger partial charge in [-0.25, -0.2) is 0 Å². The third kappa shape index (κ3) is 3.09. The summed E-state index contributed by atoms with van der Waals surface area (Å²) in [4.78, 5) is 4.85. The van der Waals surface area contributed by atoms with Gasteiger partial charge in [-0.15, -0.1) is 0 Å². The summed E-state index contributed by atoms with van der Waals surface area (Å²) < 4.78 is 5.35. The van der Waals surface area contributed by atoms with Crippen LogP contribution in [-0.4, -0.2) is 55.9 Å². The third-order valence-electron chi connectivity index (χ3n) is 2.39. The number of piperazine rings is 1. The lowest BCUT2D eigenvalue weighted by Crippen LogP contribution is -2.46. The van der Waals surface area contributed by atoms with E-state index in [0.29, 0.717) is 0 Å². The lowest BCUT2D eigenvalue weighted by atomic mass is 10.3. The molecule has 1 aliphatic heterocycles. The summed E-state index contributed by atoms with van der Waals surface area (Å²) in [6.45, 7) is 11.8. The molecule has 1 heterocycles. The summed E-state index contributed by atoms with van der Waals surface area (Å²) >= 11 is 0. The van der Waals surface area contributed by atoms with Crippen LogP contribution >= 0.6 is 0 Å². The molecule has 0 spiro atoms. The van der Waals surface area contributed by atoms with Gasteiger partial charge in [-0.1, -0.05) is 6.92 Å². The Morgan fingerprint density at radius 2 is 1.58 bits per heavy atom. The zero-order valence-electron chi connectivity index (χ0n) is 8.25. The van der Waals surface area contributed by atoms with Crippen molar-refractivity contribution in [1.29, 1.82) is 0 Å². The molecule has 0 amide bonds. The smallest absolute Gasteiger partial charge is 0.0990 e. The number of ether oxygens (including phenoxy) is 1. The lowest BCUT2D eigenvalue weighted by molar-refractivity contribution is 0.00831. The van der Waals surface area contributed by atoms with E-state index in [9.17, 15) is 0 Å². The molecule has 12 heavy (non-hydrogen) atoms. The van der Waals surface area contributed by atoms with E-state index in [4.69, 9.17) is 4.74 Å². The van der Waals surface area contributed by atoms with Gasteiger partial charge in [0.2, 0.25) is 0 Å². The molecule has 0 saturated carbocycles. The first-order chi connectivity index (χ1) is 5.86. The normalized spacial score (nSPS) is 21.5. The van der Waals surface area contributed by atoms with Crippen LogP contribution in [0.4, 0.5) is 0 Å². The van der Waals surface area contributed by atoms with E-state index in [1.165, 1.54) is 19.6 Å². The molecule has 0 N–H and O–H groups in total. The van der Waals surface area contributed by atoms with Crippen molar-refractivity contribution in [3.8, 4) is 0 Å². The second-order valence-corrected chi connectivity index (χ2v) is 3.17. The minimum atomic E-state index is 0.814. The summed E-state index contributed by atoms with van der Waals surface area (Å²) in [5.41, 5.74) is 0. The van der Waals surface area contributed by atoms with Crippen LogP contribution in [0.1, 0.15) is 13.8 Å². The number of rotatable bonds is 4. The Morgan fingerprint density at radius 3 is 2.08 bits per heavy atom. The first-order valence-electron chi connectivity index (χ1n) is 4.89. The Bertz CT molecular complexity index is 111. The van der Waals surface area contributed by atoms with E-state index >= 15 is 0 Å². The van der Waals surface area contributed by atoms with E-state index in [-0.39, 0.29) is 0 Å². The standard InChI is InChI=1S/C9H20N2O/c1-3-10-5-7-11(8-6-10)9-12-4-2/h3-9H2,1-2H3. The molecule has 0 aliphatic carbocycles. The second kappa shape index (κ2) is 5.51. The van der Waals surface area contributed by atoms with E-state index in [1.54, 1.807) is 0 Å². The van der Waals surface area contributed by atoms with Crippen LogP contribution in [0.3, 0.4) is 0 Å². The molecule has 1 fully saturated rings. The van der Waals surface area contributed by atoms with Gasteiger partial charge in [0.15, 0.2) is 0 Å². The summed E-state index contributed by atoms with van der Waals surface area (Å²) in [6, 6.07) is 0. The number of hydrogen-bond donors (Lipinski definition) is 0. The fraction of sp³-hybridized carbons (Fsp3) is 1.00. The third-order valence-corrected chi connectivity index (χ3v) is 2.39. The van der Waals surface area contributed by atoms with Gasteiger partial charge in [0.05, 0.1) is 6.73 Å². The highest BCUT2D eigenvalue weighted by atomic mass is 16.5. The highest BCUT2D eigenvalue weighted by Crippen LogP contribution is 2.00. The predicted molar refractivity (Wildman–Crippen MR) is 50.2 cm³/mol. The molecule has 0 radical (unpaired) electrons. The van der Waals surface area contributed by atoms with Crippen molar-refractivity contribution in [3.63, 3.8) is 0 Å². The summed E-state index contributed by atoms with van der Waals surface area (Å²) in [5.74, 6) is 0. The highest BCUT2D eigenvalue weighted by molar-refractivity contribution is 4.68. The van der Waals surface area contributed by atoms with Gasteiger partial charge in [-0.05, 0) is 13.5 Å². The zero-order chi connectivity index (χ0) is 8.81. The van der Waals surface area contributed by atoms with Crippen molar-refractivity contribution in [1.82, 2.24) is 9.80 Å². The number of nitrogens with zero attached hydrogens (tertiary/aromatic N) is 2. The Balaban J connectivity index is 2.09. The number of likely N-dealkylation sites (N-methyl/N-ethyl adjacent to an activating group) is 1. The molecule has 0 unspecified atom stereocenters. The quantitative estimate of drug-likeness (QED) is 0.618. The average Bonchev–Trinajstić information content (AvgIpc) is 2.15. The van der Waals surface area contributed by atoms with Crippen LogP contribution in [-0.2, 0) is 4.74 Å². The number of hydrogen-bond acceptors (Lipinski definition) is 3. The SMILES string of the molecule is CCOCN1CCN(CC)CC1. The van der Waals surface area contributed by atoms with E-state index in [2.05, 4.69) is 16.7 Å². The maximum atomic E-state index is 5.35. The molecule has 0 aromatic heterocycles. The van der Waals surface area contributed by atoms with Gasteiger partial charge in [0.1, 0.15) is 0 Å². The van der Waals surface area contributed by atoms with Crippen molar-refractivity contribution in [2.24, 2.45) is 0 Å². The van der Waals surface area contributed by atoms with Gasteiger partial charge in [-0.2, -0.15) is 0 Å². The lowest BCUT2D eigenvalue weighted by Gasteiger charge is -2.33. The van der Waals surface area contributed by atoms with Crippen LogP contribution in [0.5, 0.6) is 0 Å². The van der Waals surface area contributed by atoms with E-state index < -0.39 is 0 Å². The van der Waals surface area contributed by atoms with Crippen LogP contribution in [0.25, 0.3) is 0 Å². The van der Waals surface area contributed by atoms with Crippen LogP contribution in [0, 0.1) is 0 Å². The zero-order valence-corrected chi connectivity index (χ0v) is 8.25. The van der Waals surface area contributed by atoms with Crippen LogP contribution in [0.15, 0.2) is 0 Å². The Morgan fingerprint density at radius 1 is 1.00 bits per heavy atom. The predicted octanol–water partition coefficient (Wildman–Crippen LogP) is 0.618. The van der Waals surface area contributed by atoms with Gasteiger partial charge in [-0.3, -0.25) is 4.90 Å². The molecule has 1 saturated heterocycles. The van der Waals surface area contributed by atoms with Crippen LogP contribution in [0.2, 0.25) is 0 Å². The highest BCUT2D eigenvalue weighted by Gasteiger charge is 2.14. The first kappa shape index (κ1) is 9.96. The maximum absolute atomic E-state index is 5.35. The first-order valence-corrected chi connectivity index (χ1v) is 4.89. The molecular weight excluding hydrogens is 152 g/mol. The van der Waals surface area contributed by atoms with Crippen molar-refractivity contribution in [2.75, 3.05) is 46.1 Å². The summed E-state index contributed by atoms with van der Waals surface area (Å²) in [5, 5.41) is 0. The van der Waals surface area contributed by atoms with Crippen molar-refractivity contribution < 1.29 is 4.74 Å². The largest absolute Gasteiger partial charge is 0.366 e. The van der Waals surface area contributed by atoms with Crippen LogP contribution < -0.4 is 0 Å². The van der Waals surface area contributed by atoms with Gasteiger partial charge in [0, 0.05) is 32.8 Å².